The highest BCUT2D eigenvalue weighted by atomic mass is 35.5. The number of halogens is 1. The molecule has 2 aliphatic rings. The van der Waals surface area contributed by atoms with Gasteiger partial charge in [-0.05, 0) is 43.0 Å². The Labute approximate surface area is 132 Å². The van der Waals surface area contributed by atoms with Gasteiger partial charge in [-0.1, -0.05) is 24.4 Å². The Bertz CT molecular complexity index is 585. The number of fused-ring (bicyclic) bond motifs is 1. The van der Waals surface area contributed by atoms with Crippen LogP contribution in [0, 0.1) is 12.8 Å². The van der Waals surface area contributed by atoms with Crippen molar-refractivity contribution in [1.82, 2.24) is 4.90 Å². The van der Waals surface area contributed by atoms with Gasteiger partial charge in [0.1, 0.15) is 10.9 Å². The molecule has 1 saturated heterocycles. The van der Waals surface area contributed by atoms with E-state index in [0.717, 1.165) is 31.2 Å². The van der Waals surface area contributed by atoms with Crippen molar-refractivity contribution in [3.63, 3.8) is 0 Å². The molecule has 3 unspecified atom stereocenters. The molecule has 3 rings (SSSR count). The topological polar surface area (TPSA) is 57.6 Å². The summed E-state index contributed by atoms with van der Waals surface area (Å²) in [6.07, 6.45) is 4.70. The second kappa shape index (κ2) is 5.61. The Balaban J connectivity index is 1.94. The summed E-state index contributed by atoms with van der Waals surface area (Å²) in [4.78, 5) is 26.5. The number of rotatable bonds is 2. The number of carboxylic acids is 1. The molecule has 0 bridgehead atoms. The monoisotopic (exact) mass is 327 g/mol. The molecule has 2 heterocycles. The first kappa shape index (κ1) is 14.9. The summed E-state index contributed by atoms with van der Waals surface area (Å²) in [5.74, 6) is -0.786. The molecule has 0 radical (unpaired) electrons. The molecule has 1 saturated carbocycles. The molecule has 3 atom stereocenters. The number of hydrogen-bond donors (Lipinski definition) is 1. The van der Waals surface area contributed by atoms with Gasteiger partial charge in [0.05, 0.1) is 5.02 Å². The molecule has 1 aliphatic carbocycles. The van der Waals surface area contributed by atoms with Crippen LogP contribution in [0.25, 0.3) is 0 Å². The van der Waals surface area contributed by atoms with Crippen LogP contribution in [0.3, 0.4) is 0 Å². The molecule has 4 nitrogen and oxygen atoms in total. The van der Waals surface area contributed by atoms with Crippen LogP contribution in [0.4, 0.5) is 0 Å². The average Bonchev–Trinajstić information content (AvgIpc) is 3.00. The van der Waals surface area contributed by atoms with Gasteiger partial charge in [-0.2, -0.15) is 0 Å². The summed E-state index contributed by atoms with van der Waals surface area (Å²) < 4.78 is 0. The summed E-state index contributed by atoms with van der Waals surface area (Å²) in [6.45, 7) is 1.86. The van der Waals surface area contributed by atoms with Crippen molar-refractivity contribution in [1.29, 1.82) is 0 Å². The van der Waals surface area contributed by atoms with Gasteiger partial charge in [0.2, 0.25) is 0 Å². The summed E-state index contributed by atoms with van der Waals surface area (Å²) in [5, 5.41) is 11.8. The predicted molar refractivity (Wildman–Crippen MR) is 82.0 cm³/mol. The summed E-state index contributed by atoms with van der Waals surface area (Å²) in [7, 11) is 0. The fraction of sp³-hybridized carbons (Fsp3) is 0.600. The van der Waals surface area contributed by atoms with Gasteiger partial charge in [-0.3, -0.25) is 4.79 Å². The summed E-state index contributed by atoms with van der Waals surface area (Å²) in [5.41, 5.74) is 0.872. The van der Waals surface area contributed by atoms with Crippen molar-refractivity contribution >= 4 is 34.8 Å². The first-order valence-electron chi connectivity index (χ1n) is 7.29. The molecule has 2 fully saturated rings. The molecule has 1 aromatic heterocycles. The van der Waals surface area contributed by atoms with E-state index in [4.69, 9.17) is 11.6 Å². The third-order valence-corrected chi connectivity index (χ3v) is 6.39. The maximum Gasteiger partial charge on any atom is 0.326 e. The predicted octanol–water partition coefficient (Wildman–Crippen LogP) is 3.57. The first-order chi connectivity index (χ1) is 10.0. The lowest BCUT2D eigenvalue weighted by atomic mass is 9.85. The Kier molecular flexibility index (Phi) is 3.97. The minimum absolute atomic E-state index is 0.0609. The molecular weight excluding hydrogens is 310 g/mol. The smallest absolute Gasteiger partial charge is 0.326 e. The van der Waals surface area contributed by atoms with Gasteiger partial charge in [0.15, 0.2) is 0 Å². The Morgan fingerprint density at radius 3 is 2.71 bits per heavy atom. The van der Waals surface area contributed by atoms with Crippen molar-refractivity contribution in [2.75, 3.05) is 0 Å². The molecular formula is C15H18ClNO3S. The van der Waals surface area contributed by atoms with Crippen molar-refractivity contribution in [3.05, 3.63) is 20.8 Å². The van der Waals surface area contributed by atoms with Crippen molar-refractivity contribution in [2.45, 2.75) is 51.1 Å². The lowest BCUT2D eigenvalue weighted by Gasteiger charge is -2.32. The minimum atomic E-state index is -0.901. The fourth-order valence-corrected chi connectivity index (χ4v) is 4.88. The van der Waals surface area contributed by atoms with Crippen molar-refractivity contribution < 1.29 is 14.7 Å². The van der Waals surface area contributed by atoms with E-state index < -0.39 is 12.0 Å². The average molecular weight is 328 g/mol. The number of aryl methyl sites for hydroxylation is 1. The lowest BCUT2D eigenvalue weighted by molar-refractivity contribution is -0.141. The zero-order valence-corrected chi connectivity index (χ0v) is 13.4. The summed E-state index contributed by atoms with van der Waals surface area (Å²) in [6, 6.07) is -0.644. The minimum Gasteiger partial charge on any atom is -0.480 e. The van der Waals surface area contributed by atoms with E-state index in [1.54, 1.807) is 4.90 Å². The number of thiophene rings is 1. The molecule has 1 N–H and O–H groups in total. The fourth-order valence-electron chi connectivity index (χ4n) is 3.66. The van der Waals surface area contributed by atoms with Crippen LogP contribution in [0.2, 0.25) is 5.02 Å². The maximum absolute atomic E-state index is 12.8. The van der Waals surface area contributed by atoms with E-state index >= 15 is 0 Å². The number of carboxylic acid groups (broad SMARTS) is 1. The van der Waals surface area contributed by atoms with E-state index in [9.17, 15) is 14.7 Å². The second-order valence-electron chi connectivity index (χ2n) is 5.98. The number of carbonyl (C=O) groups is 2. The Morgan fingerprint density at radius 2 is 2.10 bits per heavy atom. The first-order valence-corrected chi connectivity index (χ1v) is 8.55. The van der Waals surface area contributed by atoms with Crippen LogP contribution in [0.15, 0.2) is 5.38 Å². The molecule has 6 heteroatoms. The largest absolute Gasteiger partial charge is 0.480 e. The van der Waals surface area contributed by atoms with E-state index in [1.165, 1.54) is 11.3 Å². The lowest BCUT2D eigenvalue weighted by Crippen LogP contribution is -2.46. The summed E-state index contributed by atoms with van der Waals surface area (Å²) >= 11 is 7.51. The molecule has 0 spiro atoms. The molecule has 114 valence electrons. The van der Waals surface area contributed by atoms with Gasteiger partial charge in [-0.25, -0.2) is 4.79 Å². The van der Waals surface area contributed by atoms with Crippen LogP contribution < -0.4 is 0 Å². The van der Waals surface area contributed by atoms with Crippen LogP contribution >= 0.6 is 22.9 Å². The van der Waals surface area contributed by atoms with Gasteiger partial charge < -0.3 is 10.0 Å². The maximum atomic E-state index is 12.8. The number of carbonyl (C=O) groups excluding carboxylic acids is 1. The van der Waals surface area contributed by atoms with Gasteiger partial charge in [0.25, 0.3) is 5.91 Å². The number of likely N-dealkylation sites (tertiary alicyclic amines) is 1. The van der Waals surface area contributed by atoms with Crippen LogP contribution in [-0.4, -0.2) is 34.0 Å². The number of aliphatic carboxylic acids is 1. The van der Waals surface area contributed by atoms with Gasteiger partial charge in [0, 0.05) is 6.04 Å². The van der Waals surface area contributed by atoms with E-state index in [0.29, 0.717) is 22.2 Å². The molecule has 21 heavy (non-hydrogen) atoms. The van der Waals surface area contributed by atoms with Crippen LogP contribution in [0.5, 0.6) is 0 Å². The second-order valence-corrected chi connectivity index (χ2v) is 7.23. The number of hydrogen-bond acceptors (Lipinski definition) is 3. The standard InChI is InChI=1S/C15H18ClNO3S/c1-8-7-21-13(12(8)16)14(18)17-10-5-3-2-4-9(10)6-11(17)15(19)20/h7,9-11H,2-6H2,1H3,(H,19,20). The van der Waals surface area contributed by atoms with Crippen molar-refractivity contribution in [2.24, 2.45) is 5.92 Å². The zero-order valence-electron chi connectivity index (χ0n) is 11.8. The highest BCUT2D eigenvalue weighted by Crippen LogP contribution is 2.41. The third kappa shape index (κ3) is 2.46. The zero-order chi connectivity index (χ0) is 15.1. The Hall–Kier alpha value is -1.07. The third-order valence-electron chi connectivity index (χ3n) is 4.70. The Morgan fingerprint density at radius 1 is 1.38 bits per heavy atom. The SMILES string of the molecule is Cc1csc(C(=O)N2C(C(=O)O)CC3CCCCC32)c1Cl. The molecule has 0 aromatic carbocycles. The van der Waals surface area contributed by atoms with Crippen LogP contribution in [0.1, 0.15) is 47.3 Å². The van der Waals surface area contributed by atoms with Crippen LogP contribution in [-0.2, 0) is 4.79 Å². The molecule has 1 aromatic rings. The van der Waals surface area contributed by atoms with E-state index in [1.807, 2.05) is 12.3 Å². The molecule has 1 amide bonds. The van der Waals surface area contributed by atoms with Gasteiger partial charge in [-0.15, -0.1) is 11.3 Å². The quantitative estimate of drug-likeness (QED) is 0.903. The number of nitrogens with zero attached hydrogens (tertiary/aromatic N) is 1. The van der Waals surface area contributed by atoms with Crippen molar-refractivity contribution in [3.8, 4) is 0 Å². The number of amides is 1. The normalized spacial score (nSPS) is 28.5. The van der Waals surface area contributed by atoms with E-state index in [-0.39, 0.29) is 11.9 Å². The highest BCUT2D eigenvalue weighted by molar-refractivity contribution is 7.13. The van der Waals surface area contributed by atoms with Gasteiger partial charge >= 0.3 is 5.97 Å². The highest BCUT2D eigenvalue weighted by Gasteiger charge is 2.48. The van der Waals surface area contributed by atoms with E-state index in [2.05, 4.69) is 0 Å². The molecule has 1 aliphatic heterocycles.